The number of nitro groups is 1. The van der Waals surface area contributed by atoms with Crippen LogP contribution < -0.4 is 5.32 Å². The molecule has 0 aliphatic carbocycles. The number of hydrogen-bond donors (Lipinski definition) is 2. The maximum Gasteiger partial charge on any atom is 0.417 e. The van der Waals surface area contributed by atoms with E-state index in [2.05, 4.69) is 0 Å². The van der Waals surface area contributed by atoms with E-state index in [1.165, 1.54) is 6.07 Å². The zero-order valence-corrected chi connectivity index (χ0v) is 13.9. The summed E-state index contributed by atoms with van der Waals surface area (Å²) in [7, 11) is 0. The fourth-order valence-electron chi connectivity index (χ4n) is 2.43. The number of rotatable bonds is 6. The average molecular weight is 400 g/mol. The monoisotopic (exact) mass is 400 g/mol. The highest BCUT2D eigenvalue weighted by Crippen LogP contribution is 2.31. The standard InChI is InChI=1S/C17H12F4N2O5/c18-12-6-5-9(8-14(12)23(27)28)7-13(16(25)26)22-15(24)10-3-1-2-4-11(10)17(19,20)21/h1-6,8,13H,7H2,(H,22,24)(H,25,26)/t13-/m1/s1. The Morgan fingerprint density at radius 1 is 1.18 bits per heavy atom. The number of carboxylic acids is 1. The molecule has 0 fully saturated rings. The van der Waals surface area contributed by atoms with Crippen molar-refractivity contribution >= 4 is 17.6 Å². The summed E-state index contributed by atoms with van der Waals surface area (Å²) >= 11 is 0. The zero-order chi connectivity index (χ0) is 21.1. The SMILES string of the molecule is O=C(N[C@H](Cc1ccc(F)c([N+](=O)[O-])c1)C(=O)O)c1ccccc1C(F)(F)F. The van der Waals surface area contributed by atoms with Gasteiger partial charge in [0, 0.05) is 12.5 Å². The molecular weight excluding hydrogens is 388 g/mol. The van der Waals surface area contributed by atoms with Crippen LogP contribution in [0.2, 0.25) is 0 Å². The second kappa shape index (κ2) is 8.03. The van der Waals surface area contributed by atoms with Crippen LogP contribution in [0.4, 0.5) is 23.2 Å². The van der Waals surface area contributed by atoms with Crippen LogP contribution in [0.5, 0.6) is 0 Å². The number of halogens is 4. The maximum absolute atomic E-state index is 13.4. The predicted molar refractivity (Wildman–Crippen MR) is 87.1 cm³/mol. The quantitative estimate of drug-likeness (QED) is 0.440. The van der Waals surface area contributed by atoms with Crippen molar-refractivity contribution in [3.63, 3.8) is 0 Å². The molecule has 1 atom stereocenters. The number of carbonyl (C=O) groups is 2. The second-order valence-corrected chi connectivity index (χ2v) is 5.65. The number of nitrogens with zero attached hydrogens (tertiary/aromatic N) is 1. The number of alkyl halides is 3. The molecular formula is C17H12F4N2O5. The molecule has 0 aliphatic rings. The maximum atomic E-state index is 13.4. The molecule has 11 heteroatoms. The smallest absolute Gasteiger partial charge is 0.417 e. The Bertz CT molecular complexity index is 930. The molecule has 7 nitrogen and oxygen atoms in total. The van der Waals surface area contributed by atoms with Crippen LogP contribution in [0.1, 0.15) is 21.5 Å². The van der Waals surface area contributed by atoms with Crippen molar-refractivity contribution in [2.24, 2.45) is 0 Å². The van der Waals surface area contributed by atoms with Crippen molar-refractivity contribution in [2.75, 3.05) is 0 Å². The Labute approximate surface area is 154 Å². The number of nitro benzene ring substituents is 1. The summed E-state index contributed by atoms with van der Waals surface area (Å²) in [6.07, 6.45) is -5.33. The van der Waals surface area contributed by atoms with Gasteiger partial charge in [-0.05, 0) is 23.8 Å². The van der Waals surface area contributed by atoms with E-state index in [1.807, 2.05) is 5.32 Å². The molecule has 0 radical (unpaired) electrons. The summed E-state index contributed by atoms with van der Waals surface area (Å²) in [6.45, 7) is 0. The van der Waals surface area contributed by atoms with Gasteiger partial charge in [-0.2, -0.15) is 17.6 Å². The number of benzene rings is 2. The normalized spacial score (nSPS) is 12.3. The molecule has 2 rings (SSSR count). The summed E-state index contributed by atoms with van der Waals surface area (Å²) in [5.41, 5.74) is -2.90. The lowest BCUT2D eigenvalue weighted by atomic mass is 10.0. The molecule has 0 aromatic heterocycles. The van der Waals surface area contributed by atoms with Gasteiger partial charge in [0.2, 0.25) is 5.82 Å². The molecule has 0 saturated heterocycles. The lowest BCUT2D eigenvalue weighted by Crippen LogP contribution is -2.42. The van der Waals surface area contributed by atoms with E-state index in [9.17, 15) is 42.4 Å². The third-order valence-electron chi connectivity index (χ3n) is 3.73. The number of nitrogens with one attached hydrogen (secondary N) is 1. The van der Waals surface area contributed by atoms with Crippen LogP contribution in [0, 0.1) is 15.9 Å². The molecule has 0 saturated carbocycles. The van der Waals surface area contributed by atoms with Gasteiger partial charge in [-0.25, -0.2) is 4.79 Å². The minimum atomic E-state index is -4.83. The van der Waals surface area contributed by atoms with E-state index < -0.39 is 58.1 Å². The molecule has 1 amide bonds. The lowest BCUT2D eigenvalue weighted by Gasteiger charge is -2.17. The molecule has 0 unspecified atom stereocenters. The summed E-state index contributed by atoms with van der Waals surface area (Å²) in [4.78, 5) is 33.4. The number of amides is 1. The van der Waals surface area contributed by atoms with Gasteiger partial charge in [-0.1, -0.05) is 18.2 Å². The topological polar surface area (TPSA) is 110 Å². The molecule has 0 spiro atoms. The van der Waals surface area contributed by atoms with Crippen molar-refractivity contribution in [2.45, 2.75) is 18.6 Å². The van der Waals surface area contributed by atoms with Crippen molar-refractivity contribution in [3.05, 3.63) is 75.1 Å². The van der Waals surface area contributed by atoms with Crippen molar-refractivity contribution < 1.29 is 37.2 Å². The number of carbonyl (C=O) groups excluding carboxylic acids is 1. The fraction of sp³-hybridized carbons (Fsp3) is 0.176. The lowest BCUT2D eigenvalue weighted by molar-refractivity contribution is -0.387. The van der Waals surface area contributed by atoms with Gasteiger partial charge >= 0.3 is 17.8 Å². The Hall–Kier alpha value is -3.50. The van der Waals surface area contributed by atoms with Crippen LogP contribution in [-0.2, 0) is 17.4 Å². The summed E-state index contributed by atoms with van der Waals surface area (Å²) in [5, 5.41) is 22.0. The van der Waals surface area contributed by atoms with Gasteiger partial charge in [0.15, 0.2) is 0 Å². The minimum absolute atomic E-state index is 0.00454. The zero-order valence-electron chi connectivity index (χ0n) is 13.9. The van der Waals surface area contributed by atoms with E-state index in [0.29, 0.717) is 6.07 Å². The predicted octanol–water partition coefficient (Wildman–Crippen LogP) is 3.18. The first kappa shape index (κ1) is 20.8. The largest absolute Gasteiger partial charge is 0.480 e. The van der Waals surface area contributed by atoms with E-state index in [4.69, 9.17) is 0 Å². The minimum Gasteiger partial charge on any atom is -0.480 e. The highest BCUT2D eigenvalue weighted by Gasteiger charge is 2.35. The third kappa shape index (κ3) is 4.81. The molecule has 0 heterocycles. The number of aliphatic carboxylic acids is 1. The van der Waals surface area contributed by atoms with E-state index >= 15 is 0 Å². The summed E-state index contributed by atoms with van der Waals surface area (Å²) in [5.74, 6) is -3.99. The van der Waals surface area contributed by atoms with Gasteiger partial charge in [-0.3, -0.25) is 14.9 Å². The van der Waals surface area contributed by atoms with E-state index in [1.54, 1.807) is 0 Å². The molecule has 0 bridgehead atoms. The number of hydrogen-bond acceptors (Lipinski definition) is 4. The molecule has 148 valence electrons. The second-order valence-electron chi connectivity index (χ2n) is 5.65. The highest BCUT2D eigenvalue weighted by molar-refractivity contribution is 5.98. The fourth-order valence-corrected chi connectivity index (χ4v) is 2.43. The van der Waals surface area contributed by atoms with Crippen LogP contribution >= 0.6 is 0 Å². The van der Waals surface area contributed by atoms with E-state index in [-0.39, 0.29) is 5.56 Å². The molecule has 2 aromatic carbocycles. The highest BCUT2D eigenvalue weighted by atomic mass is 19.4. The van der Waals surface area contributed by atoms with Crippen LogP contribution in [0.25, 0.3) is 0 Å². The summed E-state index contributed by atoms with van der Waals surface area (Å²) in [6, 6.07) is 4.75. The Morgan fingerprint density at radius 3 is 2.39 bits per heavy atom. The van der Waals surface area contributed by atoms with Gasteiger partial charge in [-0.15, -0.1) is 0 Å². The first-order valence-corrected chi connectivity index (χ1v) is 7.63. The van der Waals surface area contributed by atoms with Gasteiger partial charge in [0.1, 0.15) is 6.04 Å². The first-order valence-electron chi connectivity index (χ1n) is 7.63. The third-order valence-corrected chi connectivity index (χ3v) is 3.73. The molecule has 2 aromatic rings. The molecule has 0 aliphatic heterocycles. The molecule has 28 heavy (non-hydrogen) atoms. The Kier molecular flexibility index (Phi) is 5.96. The summed E-state index contributed by atoms with van der Waals surface area (Å²) < 4.78 is 52.4. The van der Waals surface area contributed by atoms with Crippen molar-refractivity contribution in [3.8, 4) is 0 Å². The van der Waals surface area contributed by atoms with Crippen LogP contribution in [-0.4, -0.2) is 27.9 Å². The van der Waals surface area contributed by atoms with Crippen LogP contribution in [0.3, 0.4) is 0 Å². The number of carboxylic acid groups (broad SMARTS) is 1. The Morgan fingerprint density at radius 2 is 1.82 bits per heavy atom. The van der Waals surface area contributed by atoms with Crippen molar-refractivity contribution in [1.29, 1.82) is 0 Å². The van der Waals surface area contributed by atoms with Gasteiger partial charge in [0.05, 0.1) is 16.1 Å². The van der Waals surface area contributed by atoms with E-state index in [0.717, 1.165) is 30.3 Å². The van der Waals surface area contributed by atoms with Crippen molar-refractivity contribution in [1.82, 2.24) is 5.32 Å². The van der Waals surface area contributed by atoms with Gasteiger partial charge < -0.3 is 10.4 Å². The van der Waals surface area contributed by atoms with Gasteiger partial charge in [0.25, 0.3) is 5.91 Å². The van der Waals surface area contributed by atoms with Crippen LogP contribution in [0.15, 0.2) is 42.5 Å². The molecule has 2 N–H and O–H groups in total. The average Bonchev–Trinajstić information content (AvgIpc) is 2.61. The Balaban J connectivity index is 2.28. The first-order chi connectivity index (χ1) is 13.0.